The van der Waals surface area contributed by atoms with Crippen LogP contribution in [0.4, 0.5) is 5.69 Å². The summed E-state index contributed by atoms with van der Waals surface area (Å²) in [4.78, 5) is 14.2. The van der Waals surface area contributed by atoms with Crippen LogP contribution in [0.3, 0.4) is 0 Å². The van der Waals surface area contributed by atoms with Crippen LogP contribution in [-0.4, -0.2) is 35.9 Å². The molecule has 0 amide bonds. The molecule has 0 bridgehead atoms. The molecule has 0 spiro atoms. The maximum atomic E-state index is 12.3. The molecule has 6 heteroatoms. The van der Waals surface area contributed by atoms with Gasteiger partial charge in [-0.25, -0.2) is 0 Å². The van der Waals surface area contributed by atoms with Crippen molar-refractivity contribution in [2.75, 3.05) is 18.1 Å². The summed E-state index contributed by atoms with van der Waals surface area (Å²) in [6.07, 6.45) is -0.941. The molecule has 146 valence electrons. The van der Waals surface area contributed by atoms with E-state index in [1.165, 1.54) is 0 Å². The third-order valence-corrected chi connectivity index (χ3v) is 4.87. The second-order valence-corrected chi connectivity index (χ2v) is 7.23. The van der Waals surface area contributed by atoms with Gasteiger partial charge in [0, 0.05) is 11.3 Å². The van der Waals surface area contributed by atoms with E-state index in [1.54, 1.807) is 39.0 Å². The van der Waals surface area contributed by atoms with Gasteiger partial charge >= 0.3 is 5.97 Å². The molecule has 1 heterocycles. The first-order chi connectivity index (χ1) is 13.4. The number of fused-ring (bicyclic) bond motifs is 1. The van der Waals surface area contributed by atoms with Crippen LogP contribution >= 0.6 is 0 Å². The lowest BCUT2D eigenvalue weighted by Crippen LogP contribution is -2.54. The molecule has 0 aliphatic carbocycles. The quantitative estimate of drug-likeness (QED) is 0.802. The summed E-state index contributed by atoms with van der Waals surface area (Å²) in [5.41, 5.74) is 1.01. The van der Waals surface area contributed by atoms with Crippen LogP contribution in [0.2, 0.25) is 0 Å². The Balaban J connectivity index is 2.14. The summed E-state index contributed by atoms with van der Waals surface area (Å²) in [6, 6.07) is 16.1. The second kappa shape index (κ2) is 7.91. The first-order valence-electron chi connectivity index (χ1n) is 9.26. The number of para-hydroxylation sites is 1. The van der Waals surface area contributed by atoms with Crippen LogP contribution in [0.25, 0.3) is 0 Å². The number of esters is 1. The lowest BCUT2D eigenvalue weighted by molar-refractivity contribution is -0.141. The molecule has 2 atom stereocenters. The highest BCUT2D eigenvalue weighted by molar-refractivity contribution is 5.76. The van der Waals surface area contributed by atoms with E-state index in [0.29, 0.717) is 16.9 Å². The van der Waals surface area contributed by atoms with E-state index >= 15 is 0 Å². The average Bonchev–Trinajstić information content (AvgIpc) is 2.68. The first kappa shape index (κ1) is 19.7. The molecule has 0 unspecified atom stereocenters. The number of ether oxygens (including phenoxy) is 2. The molecule has 0 radical (unpaired) electrons. The van der Waals surface area contributed by atoms with Gasteiger partial charge in [0.2, 0.25) is 0 Å². The predicted molar refractivity (Wildman–Crippen MR) is 105 cm³/mol. The lowest BCUT2D eigenvalue weighted by Gasteiger charge is -2.46. The van der Waals surface area contributed by atoms with Gasteiger partial charge in [-0.3, -0.25) is 4.79 Å². The van der Waals surface area contributed by atoms with Crippen molar-refractivity contribution in [1.82, 2.24) is 0 Å². The van der Waals surface area contributed by atoms with Gasteiger partial charge in [-0.15, -0.1) is 0 Å². The Morgan fingerprint density at radius 1 is 1.29 bits per heavy atom. The summed E-state index contributed by atoms with van der Waals surface area (Å²) >= 11 is 0. The van der Waals surface area contributed by atoms with Crippen molar-refractivity contribution in [2.45, 2.75) is 38.5 Å². The smallest absolute Gasteiger partial charge is 0.325 e. The Morgan fingerprint density at radius 2 is 2.00 bits per heavy atom. The zero-order chi connectivity index (χ0) is 20.3. The van der Waals surface area contributed by atoms with Gasteiger partial charge in [-0.2, -0.15) is 5.26 Å². The van der Waals surface area contributed by atoms with Crippen molar-refractivity contribution in [3.05, 3.63) is 59.7 Å². The van der Waals surface area contributed by atoms with Crippen LogP contribution in [0.15, 0.2) is 48.5 Å². The molecule has 3 rings (SSSR count). The number of rotatable bonds is 5. The number of benzene rings is 2. The number of hydrogen-bond donors (Lipinski definition) is 1. The number of hydrogen-bond acceptors (Lipinski definition) is 6. The molecule has 1 aliphatic heterocycles. The molecule has 0 saturated carbocycles. The van der Waals surface area contributed by atoms with Crippen LogP contribution < -0.4 is 9.64 Å². The van der Waals surface area contributed by atoms with Crippen molar-refractivity contribution in [3.63, 3.8) is 0 Å². The maximum absolute atomic E-state index is 12.3. The zero-order valence-corrected chi connectivity index (χ0v) is 16.3. The third-order valence-electron chi connectivity index (χ3n) is 4.87. The molecule has 0 fully saturated rings. The fraction of sp³-hybridized carbons (Fsp3) is 0.364. The maximum Gasteiger partial charge on any atom is 0.325 e. The molecular weight excluding hydrogens is 356 g/mol. The van der Waals surface area contributed by atoms with E-state index in [0.717, 1.165) is 5.69 Å². The normalized spacial score (nSPS) is 19.7. The fourth-order valence-corrected chi connectivity index (χ4v) is 3.49. The Labute approximate surface area is 164 Å². The van der Waals surface area contributed by atoms with Crippen LogP contribution in [0, 0.1) is 11.3 Å². The lowest BCUT2D eigenvalue weighted by atomic mass is 9.84. The van der Waals surface area contributed by atoms with Crippen LogP contribution in [0.5, 0.6) is 5.75 Å². The van der Waals surface area contributed by atoms with Gasteiger partial charge in [-0.05, 0) is 51.1 Å². The number of aliphatic hydroxyl groups excluding tert-OH is 1. The van der Waals surface area contributed by atoms with Gasteiger partial charge in [-0.1, -0.05) is 18.2 Å². The highest BCUT2D eigenvalue weighted by Gasteiger charge is 2.46. The monoisotopic (exact) mass is 380 g/mol. The van der Waals surface area contributed by atoms with Gasteiger partial charge in [0.25, 0.3) is 0 Å². The van der Waals surface area contributed by atoms with E-state index in [-0.39, 0.29) is 19.1 Å². The highest BCUT2D eigenvalue weighted by Crippen LogP contribution is 2.44. The molecule has 28 heavy (non-hydrogen) atoms. The largest absolute Gasteiger partial charge is 0.485 e. The van der Waals surface area contributed by atoms with E-state index in [4.69, 9.17) is 9.47 Å². The molecule has 2 aromatic carbocycles. The minimum Gasteiger partial charge on any atom is -0.485 e. The Kier molecular flexibility index (Phi) is 5.57. The number of carbonyl (C=O) groups excluding carboxylic acids is 1. The number of nitriles is 1. The van der Waals surface area contributed by atoms with E-state index in [9.17, 15) is 15.2 Å². The molecule has 2 aromatic rings. The summed E-state index contributed by atoms with van der Waals surface area (Å²) in [5.74, 6) is 0.199. The molecule has 6 nitrogen and oxygen atoms in total. The van der Waals surface area contributed by atoms with Gasteiger partial charge in [0.1, 0.15) is 24.0 Å². The Bertz CT molecular complexity index is 889. The second-order valence-electron chi connectivity index (χ2n) is 7.23. The molecule has 1 N–H and O–H groups in total. The Hall–Kier alpha value is -3.04. The van der Waals surface area contributed by atoms with Gasteiger partial charge < -0.3 is 19.5 Å². The fourth-order valence-electron chi connectivity index (χ4n) is 3.49. The summed E-state index contributed by atoms with van der Waals surface area (Å²) in [7, 11) is 0. The number of anilines is 1. The number of nitrogens with zero attached hydrogens (tertiary/aromatic N) is 2. The highest BCUT2D eigenvalue weighted by atomic mass is 16.5. The van der Waals surface area contributed by atoms with Crippen molar-refractivity contribution >= 4 is 11.7 Å². The third kappa shape index (κ3) is 3.80. The summed E-state index contributed by atoms with van der Waals surface area (Å²) in [5, 5.41) is 20.5. The zero-order valence-electron chi connectivity index (χ0n) is 16.3. The number of carbonyl (C=O) groups is 1. The van der Waals surface area contributed by atoms with Crippen molar-refractivity contribution in [3.8, 4) is 11.8 Å². The summed E-state index contributed by atoms with van der Waals surface area (Å²) in [6.45, 7) is 5.61. The van der Waals surface area contributed by atoms with Crippen LogP contribution in [0.1, 0.15) is 37.9 Å². The van der Waals surface area contributed by atoms with Crippen LogP contribution in [-0.2, 0) is 9.53 Å². The first-order valence-corrected chi connectivity index (χ1v) is 9.26. The van der Waals surface area contributed by atoms with Gasteiger partial charge in [0.05, 0.1) is 24.3 Å². The summed E-state index contributed by atoms with van der Waals surface area (Å²) < 4.78 is 11.2. The average molecular weight is 380 g/mol. The Morgan fingerprint density at radius 3 is 2.64 bits per heavy atom. The SMILES string of the molecule is CCOC(=O)CN(c1ccccc1)[C@H]1c2cc(C#N)ccc2OC(C)(C)[C@@H]1O. The van der Waals surface area contributed by atoms with Crippen molar-refractivity contribution in [2.24, 2.45) is 0 Å². The standard InChI is InChI=1S/C22H24N2O4/c1-4-27-19(25)14-24(16-8-6-5-7-9-16)20-17-12-15(13-23)10-11-18(17)28-22(2,3)21(20)26/h5-12,20-21,26H,4,14H2,1-3H3/t20-,21+/m0/s1. The number of aliphatic hydroxyl groups is 1. The van der Waals surface area contributed by atoms with Crippen molar-refractivity contribution in [1.29, 1.82) is 5.26 Å². The molecule has 0 saturated heterocycles. The predicted octanol–water partition coefficient (Wildman–Crippen LogP) is 3.20. The minimum absolute atomic E-state index is 0.0358. The van der Waals surface area contributed by atoms with E-state index < -0.39 is 17.7 Å². The van der Waals surface area contributed by atoms with Gasteiger partial charge in [0.15, 0.2) is 0 Å². The van der Waals surface area contributed by atoms with Crippen molar-refractivity contribution < 1.29 is 19.4 Å². The molecule has 0 aromatic heterocycles. The molecule has 1 aliphatic rings. The van der Waals surface area contributed by atoms with E-state index in [2.05, 4.69) is 6.07 Å². The van der Waals surface area contributed by atoms with E-state index in [1.807, 2.05) is 35.2 Å². The topological polar surface area (TPSA) is 82.8 Å². The molecular formula is C22H24N2O4. The minimum atomic E-state index is -0.941.